The van der Waals surface area contributed by atoms with Crippen LogP contribution in [0.2, 0.25) is 50.9 Å². The molecule has 0 saturated heterocycles. The highest BCUT2D eigenvalue weighted by Crippen LogP contribution is 2.29. The maximum Gasteiger partial charge on any atom is 0.333 e. The van der Waals surface area contributed by atoms with Crippen LogP contribution in [0.5, 0.6) is 0 Å². The SMILES string of the molecule is C=C(C)C(=O)OCCC[Si](C)(C)O[Si](C)(C)O[Si](C)(CCCOCOC)CCCOC(=O)C(=C)C. The third kappa shape index (κ3) is 17.1. The third-order valence-corrected chi connectivity index (χ3v) is 17.6. The maximum absolute atomic E-state index is 11.7. The van der Waals surface area contributed by atoms with Crippen molar-refractivity contribution in [3.63, 3.8) is 0 Å². The predicted molar refractivity (Wildman–Crippen MR) is 146 cm³/mol. The summed E-state index contributed by atoms with van der Waals surface area (Å²) in [5.41, 5.74) is 0.811. The van der Waals surface area contributed by atoms with Crippen molar-refractivity contribution in [1.29, 1.82) is 0 Å². The molecule has 0 heterocycles. The Labute approximate surface area is 215 Å². The Morgan fingerprint density at radius 2 is 1.17 bits per heavy atom. The van der Waals surface area contributed by atoms with Gasteiger partial charge in [-0.1, -0.05) is 13.2 Å². The summed E-state index contributed by atoms with van der Waals surface area (Å²) in [6, 6.07) is 2.65. The molecule has 0 aliphatic heterocycles. The Morgan fingerprint density at radius 1 is 0.714 bits per heavy atom. The summed E-state index contributed by atoms with van der Waals surface area (Å²) in [6.07, 6.45) is 2.36. The van der Waals surface area contributed by atoms with Crippen molar-refractivity contribution in [2.45, 2.75) is 84.0 Å². The molecule has 0 rings (SSSR count). The Kier molecular flexibility index (Phi) is 16.1. The minimum atomic E-state index is -2.44. The number of hydrogen-bond donors (Lipinski definition) is 0. The summed E-state index contributed by atoms with van der Waals surface area (Å²) in [5, 5.41) is 0. The molecule has 0 aliphatic carbocycles. The average molecular weight is 549 g/mol. The minimum Gasteiger partial charge on any atom is -0.462 e. The monoisotopic (exact) mass is 548 g/mol. The number of methoxy groups -OCH3 is 1. The van der Waals surface area contributed by atoms with Gasteiger partial charge in [0.2, 0.25) is 0 Å². The molecule has 0 aromatic rings. The van der Waals surface area contributed by atoms with Gasteiger partial charge in [-0.2, -0.15) is 0 Å². The molecule has 0 aromatic heterocycles. The highest BCUT2D eigenvalue weighted by Gasteiger charge is 2.41. The quantitative estimate of drug-likeness (QED) is 0.0645. The van der Waals surface area contributed by atoms with Crippen molar-refractivity contribution in [3.8, 4) is 0 Å². The van der Waals surface area contributed by atoms with Gasteiger partial charge in [0, 0.05) is 24.9 Å². The standard InChI is InChI=1S/C24H48O8Si3/c1-21(2)23(25)29-15-12-17-33(6,7)31-34(8,9)32-35(10,18-11-14-28-20-27-5)19-13-16-30-24(26)22(3)4/h1,3,11-20H2,2,4-10H3. The molecular formula is C24H48O8Si3. The van der Waals surface area contributed by atoms with E-state index in [1.807, 2.05) is 0 Å². The van der Waals surface area contributed by atoms with Gasteiger partial charge >= 0.3 is 20.5 Å². The molecule has 204 valence electrons. The zero-order valence-corrected chi connectivity index (χ0v) is 26.3. The summed E-state index contributed by atoms with van der Waals surface area (Å²) >= 11 is 0. The first kappa shape index (κ1) is 33.9. The lowest BCUT2D eigenvalue weighted by atomic mass is 10.4. The fourth-order valence-electron chi connectivity index (χ4n) is 3.77. The van der Waals surface area contributed by atoms with Crippen LogP contribution in [-0.2, 0) is 36.8 Å². The lowest BCUT2D eigenvalue weighted by Crippen LogP contribution is -2.53. The van der Waals surface area contributed by atoms with E-state index in [4.69, 9.17) is 27.2 Å². The molecule has 0 radical (unpaired) electrons. The van der Waals surface area contributed by atoms with Gasteiger partial charge in [0.15, 0.2) is 16.6 Å². The molecule has 1 unspecified atom stereocenters. The lowest BCUT2D eigenvalue weighted by molar-refractivity contribution is -0.139. The fraction of sp³-hybridized carbons (Fsp3) is 0.750. The summed E-state index contributed by atoms with van der Waals surface area (Å²) in [6.45, 7) is 22.9. The molecule has 0 spiro atoms. The molecule has 0 bridgehead atoms. The highest BCUT2D eigenvalue weighted by atomic mass is 28.5. The predicted octanol–water partition coefficient (Wildman–Crippen LogP) is 5.53. The molecule has 0 aromatic carbocycles. The zero-order valence-electron chi connectivity index (χ0n) is 23.3. The van der Waals surface area contributed by atoms with Gasteiger partial charge in [-0.25, -0.2) is 9.59 Å². The van der Waals surface area contributed by atoms with Crippen LogP contribution in [0.4, 0.5) is 0 Å². The van der Waals surface area contributed by atoms with Crippen LogP contribution in [0.25, 0.3) is 0 Å². The first-order valence-corrected chi connectivity index (χ1v) is 21.0. The van der Waals surface area contributed by atoms with Crippen molar-refractivity contribution >= 4 is 37.1 Å². The zero-order chi connectivity index (χ0) is 27.1. The van der Waals surface area contributed by atoms with Crippen LogP contribution in [-0.4, -0.2) is 70.9 Å². The van der Waals surface area contributed by atoms with Crippen molar-refractivity contribution in [2.24, 2.45) is 0 Å². The molecule has 0 aliphatic rings. The molecule has 8 nitrogen and oxygen atoms in total. The van der Waals surface area contributed by atoms with Gasteiger partial charge in [-0.3, -0.25) is 0 Å². The van der Waals surface area contributed by atoms with E-state index in [1.165, 1.54) is 0 Å². The molecule has 35 heavy (non-hydrogen) atoms. The van der Waals surface area contributed by atoms with E-state index in [-0.39, 0.29) is 18.7 Å². The number of esters is 2. The minimum absolute atomic E-state index is 0.279. The van der Waals surface area contributed by atoms with E-state index in [9.17, 15) is 9.59 Å². The van der Waals surface area contributed by atoms with Crippen LogP contribution in [0.3, 0.4) is 0 Å². The second-order valence-corrected chi connectivity index (χ2v) is 22.6. The Bertz CT molecular complexity index is 696. The fourth-order valence-corrected chi connectivity index (χ4v) is 18.6. The topological polar surface area (TPSA) is 89.5 Å². The number of hydrogen-bond acceptors (Lipinski definition) is 8. The molecule has 0 N–H and O–H groups in total. The van der Waals surface area contributed by atoms with Crippen molar-refractivity contribution < 1.29 is 36.8 Å². The Morgan fingerprint density at radius 3 is 1.63 bits per heavy atom. The van der Waals surface area contributed by atoms with Gasteiger partial charge < -0.3 is 27.2 Å². The van der Waals surface area contributed by atoms with Crippen molar-refractivity contribution in [3.05, 3.63) is 24.3 Å². The average Bonchev–Trinajstić information content (AvgIpc) is 2.72. The summed E-state index contributed by atoms with van der Waals surface area (Å²) in [5.74, 6) is -0.712. The lowest BCUT2D eigenvalue weighted by Gasteiger charge is -2.40. The van der Waals surface area contributed by atoms with Crippen LogP contribution in [0, 0.1) is 0 Å². The van der Waals surface area contributed by atoms with Gasteiger partial charge in [0.25, 0.3) is 0 Å². The molecule has 1 atom stereocenters. The number of carbonyl (C=O) groups is 2. The van der Waals surface area contributed by atoms with Crippen LogP contribution >= 0.6 is 0 Å². The van der Waals surface area contributed by atoms with Crippen LogP contribution in [0.15, 0.2) is 24.3 Å². The third-order valence-electron chi connectivity index (χ3n) is 5.15. The van der Waals surface area contributed by atoms with E-state index in [0.717, 1.165) is 37.4 Å². The van der Waals surface area contributed by atoms with E-state index >= 15 is 0 Å². The number of ether oxygens (including phenoxy) is 4. The molecular weight excluding hydrogens is 501 g/mol. The highest BCUT2D eigenvalue weighted by molar-refractivity contribution is 6.88. The normalized spacial score (nSPS) is 13.7. The van der Waals surface area contributed by atoms with E-state index in [2.05, 4.69) is 45.9 Å². The Balaban J connectivity index is 4.96. The van der Waals surface area contributed by atoms with Crippen LogP contribution in [0.1, 0.15) is 33.1 Å². The number of rotatable bonds is 20. The van der Waals surface area contributed by atoms with Gasteiger partial charge in [0.05, 0.1) is 13.2 Å². The van der Waals surface area contributed by atoms with Gasteiger partial charge in [0.1, 0.15) is 6.79 Å². The summed E-state index contributed by atoms with van der Waals surface area (Å²) in [4.78, 5) is 23.3. The second kappa shape index (κ2) is 16.6. The van der Waals surface area contributed by atoms with Crippen molar-refractivity contribution in [2.75, 3.05) is 33.7 Å². The molecule has 11 heteroatoms. The first-order chi connectivity index (χ1) is 16.1. The van der Waals surface area contributed by atoms with E-state index in [0.29, 0.717) is 31.0 Å². The van der Waals surface area contributed by atoms with Crippen molar-refractivity contribution in [1.82, 2.24) is 0 Å². The number of carbonyl (C=O) groups excluding carboxylic acids is 2. The Hall–Kier alpha value is -1.09. The molecule has 0 amide bonds. The first-order valence-electron chi connectivity index (χ1n) is 12.3. The molecule has 0 fully saturated rings. The molecule has 0 saturated carbocycles. The second-order valence-electron chi connectivity index (χ2n) is 10.3. The maximum atomic E-state index is 11.7. The van der Waals surface area contributed by atoms with Crippen LogP contribution < -0.4 is 0 Å². The largest absolute Gasteiger partial charge is 0.462 e. The van der Waals surface area contributed by atoms with Gasteiger partial charge in [-0.05, 0) is 84.0 Å². The van der Waals surface area contributed by atoms with E-state index in [1.54, 1.807) is 21.0 Å². The smallest absolute Gasteiger partial charge is 0.333 e. The van der Waals surface area contributed by atoms with E-state index < -0.39 is 25.2 Å². The summed E-state index contributed by atoms with van der Waals surface area (Å²) < 4.78 is 34.5. The summed E-state index contributed by atoms with van der Waals surface area (Å²) in [7, 11) is -5.02. The van der Waals surface area contributed by atoms with Gasteiger partial charge in [-0.15, -0.1) is 0 Å².